The summed E-state index contributed by atoms with van der Waals surface area (Å²) in [6, 6.07) is 5.53. The van der Waals surface area contributed by atoms with E-state index < -0.39 is 17.6 Å². The first kappa shape index (κ1) is 23.9. The Morgan fingerprint density at radius 1 is 1.16 bits per heavy atom. The lowest BCUT2D eigenvalue weighted by Crippen LogP contribution is -2.33. The SMILES string of the molecule is CCc1nc(C(N)=O)c(Nc2cc(CCNC(=O)OC(C)(C)C)cc(OC)c2)nc1C. The van der Waals surface area contributed by atoms with Crippen LogP contribution in [0.2, 0.25) is 0 Å². The number of aryl methyl sites for hydroxylation is 2. The minimum absolute atomic E-state index is 0.0819. The molecule has 4 N–H and O–H groups in total. The second kappa shape index (κ2) is 10.1. The van der Waals surface area contributed by atoms with Gasteiger partial charge in [0.25, 0.3) is 5.91 Å². The van der Waals surface area contributed by atoms with Crippen molar-refractivity contribution in [2.45, 2.75) is 53.1 Å². The van der Waals surface area contributed by atoms with Gasteiger partial charge in [-0.05, 0) is 58.2 Å². The Kier molecular flexibility index (Phi) is 7.79. The van der Waals surface area contributed by atoms with Crippen LogP contribution in [0.1, 0.15) is 55.1 Å². The molecule has 2 amide bonds. The predicted molar refractivity (Wildman–Crippen MR) is 119 cm³/mol. The molecule has 2 rings (SSSR count). The molecular formula is C22H31N5O4. The van der Waals surface area contributed by atoms with Crippen molar-refractivity contribution in [3.05, 3.63) is 40.8 Å². The third-order valence-electron chi connectivity index (χ3n) is 4.28. The number of rotatable bonds is 8. The zero-order valence-corrected chi connectivity index (χ0v) is 19.0. The van der Waals surface area contributed by atoms with Gasteiger partial charge >= 0.3 is 6.09 Å². The highest BCUT2D eigenvalue weighted by Crippen LogP contribution is 2.25. The van der Waals surface area contributed by atoms with E-state index in [0.717, 1.165) is 17.0 Å². The van der Waals surface area contributed by atoms with Crippen molar-refractivity contribution >= 4 is 23.5 Å². The van der Waals surface area contributed by atoms with Gasteiger partial charge in [-0.1, -0.05) is 6.92 Å². The molecule has 0 saturated heterocycles. The molecule has 0 saturated carbocycles. The Morgan fingerprint density at radius 2 is 1.87 bits per heavy atom. The maximum absolute atomic E-state index is 11.9. The fourth-order valence-corrected chi connectivity index (χ4v) is 2.90. The summed E-state index contributed by atoms with van der Waals surface area (Å²) in [5.41, 5.74) is 8.05. The normalized spacial score (nSPS) is 11.0. The molecule has 1 aromatic heterocycles. The van der Waals surface area contributed by atoms with Crippen molar-refractivity contribution in [1.29, 1.82) is 0 Å². The van der Waals surface area contributed by atoms with E-state index in [9.17, 15) is 9.59 Å². The van der Waals surface area contributed by atoms with Crippen LogP contribution in [0.4, 0.5) is 16.3 Å². The summed E-state index contributed by atoms with van der Waals surface area (Å²) in [5, 5.41) is 5.86. The summed E-state index contributed by atoms with van der Waals surface area (Å²) in [7, 11) is 1.57. The second-order valence-corrected chi connectivity index (χ2v) is 8.04. The fraction of sp³-hybridized carbons (Fsp3) is 0.455. The van der Waals surface area contributed by atoms with Crippen LogP contribution < -0.4 is 21.1 Å². The lowest BCUT2D eigenvalue weighted by molar-refractivity contribution is 0.0528. The topological polar surface area (TPSA) is 128 Å². The molecule has 0 bridgehead atoms. The third-order valence-corrected chi connectivity index (χ3v) is 4.28. The highest BCUT2D eigenvalue weighted by atomic mass is 16.6. The number of hydrogen-bond donors (Lipinski definition) is 3. The molecule has 0 aliphatic rings. The van der Waals surface area contributed by atoms with Gasteiger partial charge in [-0.25, -0.2) is 14.8 Å². The van der Waals surface area contributed by atoms with E-state index >= 15 is 0 Å². The molecule has 31 heavy (non-hydrogen) atoms. The Bertz CT molecular complexity index is 954. The second-order valence-electron chi connectivity index (χ2n) is 8.04. The fourth-order valence-electron chi connectivity index (χ4n) is 2.90. The zero-order valence-electron chi connectivity index (χ0n) is 19.0. The lowest BCUT2D eigenvalue weighted by Gasteiger charge is -2.19. The summed E-state index contributed by atoms with van der Waals surface area (Å²) in [6.07, 6.45) is 0.724. The van der Waals surface area contributed by atoms with Gasteiger partial charge in [-0.2, -0.15) is 0 Å². The number of amides is 2. The molecule has 0 unspecified atom stereocenters. The van der Waals surface area contributed by atoms with Gasteiger partial charge in [0.2, 0.25) is 0 Å². The summed E-state index contributed by atoms with van der Waals surface area (Å²) in [4.78, 5) is 32.6. The Labute approximate surface area is 182 Å². The smallest absolute Gasteiger partial charge is 0.407 e. The van der Waals surface area contributed by atoms with E-state index in [-0.39, 0.29) is 11.5 Å². The third kappa shape index (κ3) is 7.13. The van der Waals surface area contributed by atoms with Gasteiger partial charge in [0.05, 0.1) is 18.5 Å². The molecule has 1 heterocycles. The molecule has 9 nitrogen and oxygen atoms in total. The molecule has 0 spiro atoms. The lowest BCUT2D eigenvalue weighted by atomic mass is 10.1. The molecule has 0 atom stereocenters. The predicted octanol–water partition coefficient (Wildman–Crippen LogP) is 3.27. The van der Waals surface area contributed by atoms with Crippen molar-refractivity contribution in [2.24, 2.45) is 5.73 Å². The number of benzene rings is 1. The maximum atomic E-state index is 11.9. The molecule has 0 radical (unpaired) electrons. The van der Waals surface area contributed by atoms with E-state index in [4.69, 9.17) is 15.2 Å². The van der Waals surface area contributed by atoms with Gasteiger partial charge in [0, 0.05) is 18.3 Å². The largest absolute Gasteiger partial charge is 0.497 e. The van der Waals surface area contributed by atoms with E-state index in [1.807, 2.05) is 46.8 Å². The Balaban J connectivity index is 2.20. The zero-order chi connectivity index (χ0) is 23.2. The monoisotopic (exact) mass is 429 g/mol. The maximum Gasteiger partial charge on any atom is 0.407 e. The highest BCUT2D eigenvalue weighted by Gasteiger charge is 2.17. The number of carbonyl (C=O) groups is 2. The number of methoxy groups -OCH3 is 1. The molecule has 168 valence electrons. The first-order chi connectivity index (χ1) is 14.5. The minimum Gasteiger partial charge on any atom is -0.497 e. The summed E-state index contributed by atoms with van der Waals surface area (Å²) >= 11 is 0. The van der Waals surface area contributed by atoms with Gasteiger partial charge in [0.1, 0.15) is 11.4 Å². The summed E-state index contributed by atoms with van der Waals surface area (Å²) in [6.45, 7) is 9.59. The highest BCUT2D eigenvalue weighted by molar-refractivity contribution is 5.96. The molecular weight excluding hydrogens is 398 g/mol. The van der Waals surface area contributed by atoms with Crippen LogP contribution in [0.25, 0.3) is 0 Å². The first-order valence-corrected chi connectivity index (χ1v) is 10.1. The molecule has 0 aliphatic heterocycles. The van der Waals surface area contributed by atoms with Crippen LogP contribution in [0.5, 0.6) is 5.75 Å². The number of anilines is 2. The molecule has 0 aliphatic carbocycles. The first-order valence-electron chi connectivity index (χ1n) is 10.1. The van der Waals surface area contributed by atoms with Crippen LogP contribution >= 0.6 is 0 Å². The number of aromatic nitrogens is 2. The number of primary amides is 1. The van der Waals surface area contributed by atoms with Crippen LogP contribution in [-0.4, -0.2) is 41.2 Å². The minimum atomic E-state index is -0.658. The van der Waals surface area contributed by atoms with Crippen molar-refractivity contribution in [3.8, 4) is 5.75 Å². The van der Waals surface area contributed by atoms with Crippen LogP contribution in [0.15, 0.2) is 18.2 Å². The van der Waals surface area contributed by atoms with E-state index in [1.54, 1.807) is 13.2 Å². The van der Waals surface area contributed by atoms with Crippen molar-refractivity contribution in [1.82, 2.24) is 15.3 Å². The van der Waals surface area contributed by atoms with E-state index in [2.05, 4.69) is 20.6 Å². The quantitative estimate of drug-likeness (QED) is 0.587. The van der Waals surface area contributed by atoms with Crippen molar-refractivity contribution < 1.29 is 19.1 Å². The number of carbonyl (C=O) groups excluding carboxylic acids is 2. The number of ether oxygens (including phenoxy) is 2. The summed E-state index contributed by atoms with van der Waals surface area (Å²) < 4.78 is 10.6. The number of nitrogens with one attached hydrogen (secondary N) is 2. The Hall–Kier alpha value is -3.36. The molecule has 0 fully saturated rings. The van der Waals surface area contributed by atoms with E-state index in [1.165, 1.54) is 0 Å². The van der Waals surface area contributed by atoms with Crippen LogP contribution in [0, 0.1) is 6.92 Å². The average Bonchev–Trinajstić information content (AvgIpc) is 2.66. The molecule has 9 heteroatoms. The molecule has 1 aromatic carbocycles. The summed E-state index contributed by atoms with van der Waals surface area (Å²) in [5.74, 6) is 0.246. The van der Waals surface area contributed by atoms with Gasteiger partial charge in [-0.3, -0.25) is 4.79 Å². The number of hydrogen-bond acceptors (Lipinski definition) is 7. The van der Waals surface area contributed by atoms with Crippen molar-refractivity contribution in [3.63, 3.8) is 0 Å². The average molecular weight is 430 g/mol. The van der Waals surface area contributed by atoms with Crippen LogP contribution in [-0.2, 0) is 17.6 Å². The Morgan fingerprint density at radius 3 is 2.45 bits per heavy atom. The van der Waals surface area contributed by atoms with Crippen molar-refractivity contribution in [2.75, 3.05) is 19.0 Å². The van der Waals surface area contributed by atoms with E-state index in [0.29, 0.717) is 30.8 Å². The number of nitrogens with two attached hydrogens (primary N) is 1. The standard InChI is InChI=1S/C22H31N5O4/c1-7-17-13(2)25-20(18(27-17)19(23)28)26-15-10-14(11-16(12-15)30-6)8-9-24-21(29)31-22(3,4)5/h10-12H,7-9H2,1-6H3,(H2,23,28)(H,24,29)(H,25,26). The van der Waals surface area contributed by atoms with Gasteiger partial charge in [0.15, 0.2) is 11.5 Å². The van der Waals surface area contributed by atoms with Gasteiger partial charge < -0.3 is 25.8 Å². The van der Waals surface area contributed by atoms with Gasteiger partial charge in [-0.15, -0.1) is 0 Å². The number of alkyl carbamates (subject to hydrolysis) is 1. The number of nitrogens with zero attached hydrogens (tertiary/aromatic N) is 2. The van der Waals surface area contributed by atoms with Crippen LogP contribution in [0.3, 0.4) is 0 Å². The molecule has 2 aromatic rings.